The zero-order valence-electron chi connectivity index (χ0n) is 12.4. The molecular formula is C16H21N5. The van der Waals surface area contributed by atoms with Crippen molar-refractivity contribution in [2.24, 2.45) is 5.92 Å². The fourth-order valence-corrected chi connectivity index (χ4v) is 3.18. The third-order valence-electron chi connectivity index (χ3n) is 4.17. The number of fused-ring (bicyclic) bond motifs is 1. The molecule has 1 fully saturated rings. The summed E-state index contributed by atoms with van der Waals surface area (Å²) in [4.78, 5) is 6.91. The maximum absolute atomic E-state index is 9.05. The van der Waals surface area contributed by atoms with Crippen molar-refractivity contribution in [3.63, 3.8) is 0 Å². The maximum Gasteiger partial charge on any atom is 0.201 e. The van der Waals surface area contributed by atoms with Crippen LogP contribution in [-0.2, 0) is 6.54 Å². The van der Waals surface area contributed by atoms with Gasteiger partial charge in [-0.1, -0.05) is 6.92 Å². The van der Waals surface area contributed by atoms with Crippen molar-refractivity contribution in [2.75, 3.05) is 25.4 Å². The molecule has 0 spiro atoms. The summed E-state index contributed by atoms with van der Waals surface area (Å²) in [5, 5.41) is 9.05. The minimum atomic E-state index is 0.508. The molecule has 3 rings (SSSR count). The van der Waals surface area contributed by atoms with Crippen LogP contribution in [0.1, 0.15) is 25.3 Å². The van der Waals surface area contributed by atoms with Crippen LogP contribution in [0.25, 0.3) is 11.0 Å². The first-order valence-electron chi connectivity index (χ1n) is 7.55. The second-order valence-corrected chi connectivity index (χ2v) is 6.01. The molecule has 2 heterocycles. The molecule has 2 N–H and O–H groups in total. The first kappa shape index (κ1) is 13.9. The van der Waals surface area contributed by atoms with Crippen LogP contribution < -0.4 is 5.73 Å². The first-order chi connectivity index (χ1) is 10.2. The van der Waals surface area contributed by atoms with E-state index >= 15 is 0 Å². The molecule has 0 saturated carbocycles. The quantitative estimate of drug-likeness (QED) is 0.934. The van der Waals surface area contributed by atoms with Gasteiger partial charge in [0.1, 0.15) is 0 Å². The number of nitrogens with two attached hydrogens (primary N) is 1. The molecule has 0 aliphatic carbocycles. The molecule has 0 amide bonds. The average molecular weight is 283 g/mol. The van der Waals surface area contributed by atoms with Crippen molar-refractivity contribution in [2.45, 2.75) is 26.3 Å². The Morgan fingerprint density at radius 2 is 2.10 bits per heavy atom. The van der Waals surface area contributed by atoms with Gasteiger partial charge in [0, 0.05) is 13.1 Å². The summed E-state index contributed by atoms with van der Waals surface area (Å²) in [6, 6.07) is 7.71. The summed E-state index contributed by atoms with van der Waals surface area (Å²) in [5.41, 5.74) is 8.52. The van der Waals surface area contributed by atoms with Gasteiger partial charge >= 0.3 is 0 Å². The number of imidazole rings is 1. The third-order valence-corrected chi connectivity index (χ3v) is 4.17. The van der Waals surface area contributed by atoms with E-state index in [0.29, 0.717) is 17.4 Å². The Kier molecular flexibility index (Phi) is 3.80. The van der Waals surface area contributed by atoms with Gasteiger partial charge in [-0.2, -0.15) is 5.26 Å². The lowest BCUT2D eigenvalue weighted by Gasteiger charge is -2.21. The Labute approximate surface area is 125 Å². The van der Waals surface area contributed by atoms with Crippen LogP contribution in [0.5, 0.6) is 0 Å². The van der Waals surface area contributed by atoms with Crippen molar-refractivity contribution in [3.05, 3.63) is 23.8 Å². The highest BCUT2D eigenvalue weighted by atomic mass is 15.2. The summed E-state index contributed by atoms with van der Waals surface area (Å²) in [6.45, 7) is 6.61. The van der Waals surface area contributed by atoms with E-state index in [-0.39, 0.29) is 0 Å². The minimum absolute atomic E-state index is 0.508. The average Bonchev–Trinajstić information content (AvgIpc) is 3.07. The van der Waals surface area contributed by atoms with E-state index in [2.05, 4.69) is 22.9 Å². The highest BCUT2D eigenvalue weighted by Gasteiger charge is 2.17. The van der Waals surface area contributed by atoms with Crippen LogP contribution in [0.3, 0.4) is 0 Å². The molecular weight excluding hydrogens is 262 g/mol. The van der Waals surface area contributed by atoms with E-state index < -0.39 is 0 Å². The van der Waals surface area contributed by atoms with Crippen molar-refractivity contribution in [1.82, 2.24) is 14.5 Å². The standard InChI is InChI=1S/C16H21N5/c1-12(10-20-6-2-3-7-20)11-21-15-8-13(9-17)4-5-14(15)19-16(21)18/h4-5,8,12H,2-3,6-7,10-11H2,1H3,(H2,18,19). The molecule has 110 valence electrons. The summed E-state index contributed by atoms with van der Waals surface area (Å²) in [6.07, 6.45) is 2.63. The minimum Gasteiger partial charge on any atom is -0.369 e. The van der Waals surface area contributed by atoms with Crippen molar-refractivity contribution in [3.8, 4) is 6.07 Å². The van der Waals surface area contributed by atoms with Crippen LogP contribution in [0, 0.1) is 17.2 Å². The Hall–Kier alpha value is -2.06. The zero-order valence-corrected chi connectivity index (χ0v) is 12.4. The molecule has 1 unspecified atom stereocenters. The number of hydrogen-bond donors (Lipinski definition) is 1. The normalized spacial score (nSPS) is 17.1. The molecule has 5 heteroatoms. The van der Waals surface area contributed by atoms with E-state index in [1.165, 1.54) is 25.9 Å². The lowest BCUT2D eigenvalue weighted by molar-refractivity contribution is 0.273. The Morgan fingerprint density at radius 3 is 2.81 bits per heavy atom. The van der Waals surface area contributed by atoms with Gasteiger partial charge in [-0.3, -0.25) is 0 Å². The van der Waals surface area contributed by atoms with Gasteiger partial charge in [0.2, 0.25) is 5.95 Å². The highest BCUT2D eigenvalue weighted by Crippen LogP contribution is 2.21. The number of nitriles is 1. The SMILES string of the molecule is CC(CN1CCCC1)Cn1c(N)nc2ccc(C#N)cc21. The van der Waals surface area contributed by atoms with Crippen LogP contribution in [0.15, 0.2) is 18.2 Å². The second-order valence-electron chi connectivity index (χ2n) is 6.01. The fraction of sp³-hybridized carbons (Fsp3) is 0.500. The number of benzene rings is 1. The lowest BCUT2D eigenvalue weighted by Crippen LogP contribution is -2.27. The Morgan fingerprint density at radius 1 is 1.33 bits per heavy atom. The monoisotopic (exact) mass is 283 g/mol. The second kappa shape index (κ2) is 5.74. The first-order valence-corrected chi connectivity index (χ1v) is 7.55. The predicted molar refractivity (Wildman–Crippen MR) is 83.7 cm³/mol. The number of nitrogen functional groups attached to an aromatic ring is 1. The molecule has 1 aliphatic heterocycles. The number of nitrogens with zero attached hydrogens (tertiary/aromatic N) is 4. The largest absolute Gasteiger partial charge is 0.369 e. The lowest BCUT2D eigenvalue weighted by atomic mass is 10.1. The van der Waals surface area contributed by atoms with Crippen molar-refractivity contribution >= 4 is 17.0 Å². The van der Waals surface area contributed by atoms with Gasteiger partial charge in [-0.05, 0) is 50.0 Å². The van der Waals surface area contributed by atoms with Gasteiger partial charge in [-0.25, -0.2) is 4.98 Å². The third kappa shape index (κ3) is 2.86. The molecule has 5 nitrogen and oxygen atoms in total. The number of likely N-dealkylation sites (tertiary alicyclic amines) is 1. The van der Waals surface area contributed by atoms with Gasteiger partial charge in [0.15, 0.2) is 0 Å². The van der Waals surface area contributed by atoms with E-state index in [4.69, 9.17) is 11.0 Å². The highest BCUT2D eigenvalue weighted by molar-refractivity contribution is 5.79. The zero-order chi connectivity index (χ0) is 14.8. The fourth-order valence-electron chi connectivity index (χ4n) is 3.18. The van der Waals surface area contributed by atoms with Gasteiger partial charge in [0.05, 0.1) is 22.7 Å². The van der Waals surface area contributed by atoms with Gasteiger partial charge < -0.3 is 15.2 Å². The number of aromatic nitrogens is 2. The molecule has 21 heavy (non-hydrogen) atoms. The molecule has 1 saturated heterocycles. The molecule has 1 aromatic heterocycles. The molecule has 0 radical (unpaired) electrons. The Balaban J connectivity index is 1.82. The van der Waals surface area contributed by atoms with Crippen molar-refractivity contribution in [1.29, 1.82) is 5.26 Å². The summed E-state index contributed by atoms with van der Waals surface area (Å²) >= 11 is 0. The molecule has 2 aromatic rings. The summed E-state index contributed by atoms with van der Waals surface area (Å²) < 4.78 is 2.04. The van der Waals surface area contributed by atoms with Crippen molar-refractivity contribution < 1.29 is 0 Å². The number of anilines is 1. The topological polar surface area (TPSA) is 70.9 Å². The molecule has 1 aliphatic rings. The van der Waals surface area contributed by atoms with Crippen LogP contribution in [-0.4, -0.2) is 34.1 Å². The van der Waals surface area contributed by atoms with Crippen LogP contribution in [0.4, 0.5) is 5.95 Å². The van der Waals surface area contributed by atoms with E-state index in [9.17, 15) is 0 Å². The van der Waals surface area contributed by atoms with Gasteiger partial charge in [-0.15, -0.1) is 0 Å². The van der Waals surface area contributed by atoms with Gasteiger partial charge in [0.25, 0.3) is 0 Å². The van der Waals surface area contributed by atoms with Crippen LogP contribution >= 0.6 is 0 Å². The Bertz CT molecular complexity index is 676. The van der Waals surface area contributed by atoms with E-state index in [0.717, 1.165) is 24.1 Å². The maximum atomic E-state index is 9.05. The number of rotatable bonds is 4. The summed E-state index contributed by atoms with van der Waals surface area (Å²) in [5.74, 6) is 1.04. The molecule has 1 aromatic carbocycles. The molecule has 1 atom stereocenters. The smallest absolute Gasteiger partial charge is 0.201 e. The van der Waals surface area contributed by atoms with Crippen LogP contribution in [0.2, 0.25) is 0 Å². The predicted octanol–water partition coefficient (Wildman–Crippen LogP) is 2.22. The number of hydrogen-bond acceptors (Lipinski definition) is 4. The van der Waals surface area contributed by atoms with E-state index in [1.807, 2.05) is 16.7 Å². The van der Waals surface area contributed by atoms with E-state index in [1.54, 1.807) is 6.07 Å². The molecule has 0 bridgehead atoms. The summed E-state index contributed by atoms with van der Waals surface area (Å²) in [7, 11) is 0.